The molecule has 5 heteroatoms. The Balaban J connectivity index is 2.07. The molecule has 0 spiro atoms. The summed E-state index contributed by atoms with van der Waals surface area (Å²) in [5.41, 5.74) is 0. The molecule has 17 heavy (non-hydrogen) atoms. The monoisotopic (exact) mass is 334 g/mol. The van der Waals surface area contributed by atoms with Crippen molar-refractivity contribution in [2.24, 2.45) is 0 Å². The van der Waals surface area contributed by atoms with Gasteiger partial charge in [0.15, 0.2) is 0 Å². The Morgan fingerprint density at radius 2 is 1.18 bits per heavy atom. The third kappa shape index (κ3) is 1.91. The van der Waals surface area contributed by atoms with E-state index in [0.29, 0.717) is 0 Å². The van der Waals surface area contributed by atoms with E-state index in [9.17, 15) is 5.02 Å². The number of hydrogen-bond donors (Lipinski definition) is 1. The van der Waals surface area contributed by atoms with E-state index in [1.807, 2.05) is 60.7 Å². The molecular formula is C12H11BO3Sn. The molecule has 1 N–H and O–H groups in total. The molecule has 84 valence electrons. The minimum absolute atomic E-state index is 1.06. The van der Waals surface area contributed by atoms with Crippen LogP contribution in [0.1, 0.15) is 0 Å². The first kappa shape index (κ1) is 11.3. The number of rotatable bonds is 2. The van der Waals surface area contributed by atoms with Crippen molar-refractivity contribution in [1.29, 1.82) is 0 Å². The topological polar surface area (TPSA) is 38.7 Å². The van der Waals surface area contributed by atoms with Crippen LogP contribution in [0.4, 0.5) is 0 Å². The summed E-state index contributed by atoms with van der Waals surface area (Å²) in [5, 5.41) is 9.31. The zero-order valence-electron chi connectivity index (χ0n) is 9.11. The SMILES string of the molecule is OB1[O][Sn]([c]2ccccc2)([c]2ccccc2)[O]1. The van der Waals surface area contributed by atoms with E-state index in [1.54, 1.807) is 0 Å². The molecule has 3 rings (SSSR count). The maximum absolute atomic E-state index is 9.31. The van der Waals surface area contributed by atoms with E-state index >= 15 is 0 Å². The molecule has 1 aliphatic heterocycles. The van der Waals surface area contributed by atoms with E-state index in [-0.39, 0.29) is 0 Å². The second kappa shape index (κ2) is 4.46. The number of hydrogen-bond acceptors (Lipinski definition) is 3. The molecule has 1 aliphatic rings. The van der Waals surface area contributed by atoms with Gasteiger partial charge in [-0.15, -0.1) is 0 Å². The summed E-state index contributed by atoms with van der Waals surface area (Å²) in [4.78, 5) is 0. The van der Waals surface area contributed by atoms with Gasteiger partial charge < -0.3 is 0 Å². The van der Waals surface area contributed by atoms with E-state index in [1.165, 1.54) is 0 Å². The molecule has 0 unspecified atom stereocenters. The van der Waals surface area contributed by atoms with Gasteiger partial charge in [-0.3, -0.25) is 0 Å². The van der Waals surface area contributed by atoms with Crippen molar-refractivity contribution >= 4 is 33.7 Å². The van der Waals surface area contributed by atoms with Crippen molar-refractivity contribution in [1.82, 2.24) is 0 Å². The van der Waals surface area contributed by atoms with Crippen LogP contribution in [0.3, 0.4) is 0 Å². The third-order valence-electron chi connectivity index (χ3n) is 2.84. The van der Waals surface area contributed by atoms with E-state index in [2.05, 4.69) is 0 Å². The minimum atomic E-state index is -3.45. The molecule has 0 aliphatic carbocycles. The van der Waals surface area contributed by atoms with Crippen LogP contribution in [0.5, 0.6) is 0 Å². The van der Waals surface area contributed by atoms with Gasteiger partial charge in [0.2, 0.25) is 0 Å². The Labute approximate surface area is 105 Å². The van der Waals surface area contributed by atoms with Crippen molar-refractivity contribution in [3.8, 4) is 0 Å². The maximum atomic E-state index is 9.31. The Morgan fingerprint density at radius 3 is 1.53 bits per heavy atom. The fourth-order valence-electron chi connectivity index (χ4n) is 2.05. The van der Waals surface area contributed by atoms with Crippen molar-refractivity contribution in [3.05, 3.63) is 60.7 Å². The summed E-state index contributed by atoms with van der Waals surface area (Å²) >= 11 is -3.45. The van der Waals surface area contributed by atoms with Gasteiger partial charge in [-0.2, -0.15) is 0 Å². The molecule has 1 heterocycles. The van der Waals surface area contributed by atoms with Gasteiger partial charge in [0.1, 0.15) is 0 Å². The first-order valence-corrected chi connectivity index (χ1v) is 10.6. The molecule has 2 aromatic rings. The fourth-order valence-corrected chi connectivity index (χ4v) is 9.83. The second-order valence-corrected chi connectivity index (χ2v) is 12.1. The van der Waals surface area contributed by atoms with Gasteiger partial charge in [0, 0.05) is 0 Å². The van der Waals surface area contributed by atoms with Crippen molar-refractivity contribution in [3.63, 3.8) is 0 Å². The predicted molar refractivity (Wildman–Crippen MR) is 68.0 cm³/mol. The summed E-state index contributed by atoms with van der Waals surface area (Å²) in [5.74, 6) is 0. The quantitative estimate of drug-likeness (QED) is 0.802. The van der Waals surface area contributed by atoms with Crippen LogP contribution < -0.4 is 7.16 Å². The summed E-state index contributed by atoms with van der Waals surface area (Å²) in [7, 11) is -1.06. The molecule has 1 fully saturated rings. The van der Waals surface area contributed by atoms with Crippen LogP contribution in [0.15, 0.2) is 60.7 Å². The molecule has 0 atom stereocenters. The van der Waals surface area contributed by atoms with Gasteiger partial charge in [0.25, 0.3) is 0 Å². The molecule has 3 nitrogen and oxygen atoms in total. The van der Waals surface area contributed by atoms with E-state index in [4.69, 9.17) is 5.98 Å². The van der Waals surface area contributed by atoms with Crippen LogP contribution in [-0.4, -0.2) is 31.6 Å². The van der Waals surface area contributed by atoms with Gasteiger partial charge in [-0.1, -0.05) is 0 Å². The van der Waals surface area contributed by atoms with Crippen molar-refractivity contribution in [2.75, 3.05) is 0 Å². The van der Waals surface area contributed by atoms with Crippen LogP contribution in [0.25, 0.3) is 0 Å². The first-order chi connectivity index (χ1) is 8.31. The van der Waals surface area contributed by atoms with Crippen LogP contribution in [-0.2, 0) is 5.98 Å². The Kier molecular flexibility index (Phi) is 2.96. The van der Waals surface area contributed by atoms with Crippen molar-refractivity contribution in [2.45, 2.75) is 0 Å². The first-order valence-electron chi connectivity index (χ1n) is 5.46. The molecule has 0 aromatic heterocycles. The summed E-state index contributed by atoms with van der Waals surface area (Å²) in [6.45, 7) is 0. The van der Waals surface area contributed by atoms with Gasteiger partial charge in [0.05, 0.1) is 0 Å². The third-order valence-corrected chi connectivity index (χ3v) is 12.1. The predicted octanol–water partition coefficient (Wildman–Crippen LogP) is 0.267. The molecule has 1 saturated heterocycles. The Hall–Kier alpha value is -0.816. The Bertz CT molecular complexity index is 458. The summed E-state index contributed by atoms with van der Waals surface area (Å²) < 4.78 is 13.4. The zero-order valence-corrected chi connectivity index (χ0v) is 12.0. The number of benzene rings is 2. The normalized spacial score (nSPS) is 17.6. The van der Waals surface area contributed by atoms with Crippen LogP contribution in [0.2, 0.25) is 0 Å². The standard InChI is InChI=1S/2C6H5.BHO3.Sn/c2*1-2-4-6-5-3-1;2-1(3)4;/h2*1-5H;2H;/q;;-2;+2. The Morgan fingerprint density at radius 1 is 0.765 bits per heavy atom. The van der Waals surface area contributed by atoms with Crippen LogP contribution >= 0.6 is 0 Å². The average Bonchev–Trinajstić information content (AvgIpc) is 2.37. The molecule has 0 bridgehead atoms. The van der Waals surface area contributed by atoms with E-state index in [0.717, 1.165) is 7.16 Å². The molecule has 0 amide bonds. The van der Waals surface area contributed by atoms with Gasteiger partial charge in [-0.05, 0) is 0 Å². The van der Waals surface area contributed by atoms with Crippen molar-refractivity contribution < 1.29 is 11.0 Å². The summed E-state index contributed by atoms with van der Waals surface area (Å²) in [6, 6.07) is 19.8. The molecule has 2 aromatic carbocycles. The van der Waals surface area contributed by atoms with Gasteiger partial charge in [-0.25, -0.2) is 0 Å². The molecule has 0 saturated carbocycles. The molecular weight excluding hydrogens is 322 g/mol. The van der Waals surface area contributed by atoms with Crippen LogP contribution in [0, 0.1) is 0 Å². The van der Waals surface area contributed by atoms with Gasteiger partial charge >= 0.3 is 105 Å². The fraction of sp³-hybridized carbons (Fsp3) is 0. The average molecular weight is 333 g/mol. The molecule has 0 radical (unpaired) electrons. The summed E-state index contributed by atoms with van der Waals surface area (Å²) in [6.07, 6.45) is 0. The van der Waals surface area contributed by atoms with E-state index < -0.39 is 26.5 Å². The zero-order chi connectivity index (χ0) is 11.7. The second-order valence-electron chi connectivity index (χ2n) is 3.89.